The minimum Gasteiger partial charge on any atom is -0.762 e. The van der Waals surface area contributed by atoms with Crippen LogP contribution in [0, 0.1) is 34.1 Å². The molecule has 7 rings (SSSR count). The second kappa shape index (κ2) is 26.4. The number of esters is 1. The molecular formula is C54H69ClN10O14-2. The zero-order valence-electron chi connectivity index (χ0n) is 44.4. The first-order valence-corrected chi connectivity index (χ1v) is 26.9. The normalized spacial score (nSPS) is 29.2. The number of nitrogens with one attached hydrogen (secondary N) is 6. The van der Waals surface area contributed by atoms with Gasteiger partial charge in [0.1, 0.15) is 59.2 Å². The van der Waals surface area contributed by atoms with Crippen molar-refractivity contribution in [2.45, 2.75) is 146 Å². The molecule has 9 N–H and O–H groups in total. The van der Waals surface area contributed by atoms with E-state index >= 15 is 9.59 Å². The van der Waals surface area contributed by atoms with Crippen LogP contribution in [0.3, 0.4) is 0 Å². The maximum atomic E-state index is 15.1. The average molecular weight is 1120 g/mol. The minimum absolute atomic E-state index is 0.00930. The zero-order chi connectivity index (χ0) is 57.4. The number of amides is 7. The molecule has 0 bridgehead atoms. The molecule has 2 saturated carbocycles. The van der Waals surface area contributed by atoms with Crippen molar-refractivity contribution in [2.24, 2.45) is 23.7 Å². The van der Waals surface area contributed by atoms with E-state index < -0.39 is 137 Å². The van der Waals surface area contributed by atoms with Gasteiger partial charge in [-0.15, -0.1) is 0 Å². The quantitative estimate of drug-likeness (QED) is 0.0406. The molecule has 0 spiro atoms. The Morgan fingerprint density at radius 3 is 2.03 bits per heavy atom. The number of hydrogen-bond acceptors (Lipinski definition) is 16. The standard InChI is InChI=1S/C54H69ClN10O14/c1-6-14-32-22-42-54(73)79-30(5)46(61-49(68)38(24-35-26-41(35)65(77)78)57-50(69)39-19-20-43(55)63(39)74)52(71)58-36(21-31-15-10-8-11-16-31)47(66)56-37(23-34-25-40(34)64(75)76)48(67)60-45(29(4)33-17-12-9-13-18-33)51(70)59-44(28(3)7-2)53(72)62(42)27-32/h6,8-20,28-30,32,34-38,40-42,44-46,74-75,77H,7,21-27H2,1-5H3,(H,56,66)(H,57,69)(H,58,71)(H,59,70)(H,60,67)(H,61,68)/q-2/b14-6+/t28-,29+,30+,32-,34+,35-,36-,37+,38-,40+,41-,42+,44-,45-,46+/m0/s1. The molecule has 24 nitrogen and oxygen atoms in total. The number of benzene rings is 2. The molecular weight excluding hydrogens is 1050 g/mol. The predicted octanol–water partition coefficient (Wildman–Crippen LogP) is 2.67. The van der Waals surface area contributed by atoms with Crippen molar-refractivity contribution in [3.05, 3.63) is 117 Å². The van der Waals surface area contributed by atoms with Crippen molar-refractivity contribution in [3.8, 4) is 0 Å². The summed E-state index contributed by atoms with van der Waals surface area (Å²) in [5.41, 5.74) is 0.758. The molecule has 3 aromatic rings. The monoisotopic (exact) mass is 1120 g/mol. The number of ether oxygens (including phenoxy) is 1. The highest BCUT2D eigenvalue weighted by Crippen LogP contribution is 2.39. The number of cyclic esters (lactones) is 1. The molecule has 2 aliphatic heterocycles. The summed E-state index contributed by atoms with van der Waals surface area (Å²) in [6.45, 7) is 8.33. The van der Waals surface area contributed by atoms with Gasteiger partial charge in [-0.25, -0.2) is 4.79 Å². The van der Waals surface area contributed by atoms with Gasteiger partial charge < -0.3 is 67.6 Å². The number of hydrogen-bond donors (Lipinski definition) is 9. The predicted molar refractivity (Wildman–Crippen MR) is 283 cm³/mol. The van der Waals surface area contributed by atoms with Crippen molar-refractivity contribution in [3.63, 3.8) is 0 Å². The summed E-state index contributed by atoms with van der Waals surface area (Å²) >= 11 is 5.98. The zero-order valence-corrected chi connectivity index (χ0v) is 45.2. The number of carbonyl (C=O) groups is 8. The van der Waals surface area contributed by atoms with E-state index in [1.54, 1.807) is 87.5 Å². The van der Waals surface area contributed by atoms with Gasteiger partial charge in [0.2, 0.25) is 35.4 Å². The molecule has 2 aliphatic carbocycles. The summed E-state index contributed by atoms with van der Waals surface area (Å²) in [4.78, 5) is 119. The summed E-state index contributed by atoms with van der Waals surface area (Å²) in [5, 5.41) is 69.3. The summed E-state index contributed by atoms with van der Waals surface area (Å²) in [6.07, 6.45) is 1.92. The van der Waals surface area contributed by atoms with E-state index in [1.807, 2.05) is 13.0 Å². The van der Waals surface area contributed by atoms with Crippen LogP contribution in [0.2, 0.25) is 5.15 Å². The second-order valence-electron chi connectivity index (χ2n) is 21.1. The van der Waals surface area contributed by atoms with E-state index in [2.05, 4.69) is 31.9 Å². The number of rotatable bonds is 17. The Balaban J connectivity index is 1.31. The van der Waals surface area contributed by atoms with Crippen molar-refractivity contribution < 1.29 is 58.7 Å². The minimum atomic E-state index is -1.90. The highest BCUT2D eigenvalue weighted by molar-refractivity contribution is 6.30. The summed E-state index contributed by atoms with van der Waals surface area (Å²) < 4.78 is 6.43. The van der Waals surface area contributed by atoms with E-state index in [4.69, 9.17) is 16.3 Å². The highest BCUT2D eigenvalue weighted by atomic mass is 35.5. The molecule has 2 aromatic carbocycles. The van der Waals surface area contributed by atoms with Crippen LogP contribution in [0.15, 0.2) is 84.9 Å². The number of aromatic nitrogens is 1. The fourth-order valence-corrected chi connectivity index (χ4v) is 10.6. The van der Waals surface area contributed by atoms with Crippen molar-refractivity contribution in [2.75, 3.05) is 6.54 Å². The van der Waals surface area contributed by atoms with Gasteiger partial charge in [-0.1, -0.05) is 112 Å². The maximum Gasteiger partial charge on any atom is 0.329 e. The molecule has 7 amide bonds. The van der Waals surface area contributed by atoms with Crippen LogP contribution in [0.1, 0.15) is 101 Å². The van der Waals surface area contributed by atoms with Gasteiger partial charge in [0, 0.05) is 31.0 Å². The molecule has 25 heteroatoms. The van der Waals surface area contributed by atoms with Gasteiger partial charge in [0.25, 0.3) is 5.91 Å². The van der Waals surface area contributed by atoms with Crippen molar-refractivity contribution >= 4 is 58.9 Å². The molecule has 3 heterocycles. The van der Waals surface area contributed by atoms with Gasteiger partial charge in [-0.3, -0.25) is 44.0 Å². The Kier molecular flexibility index (Phi) is 19.9. The number of halogens is 1. The highest BCUT2D eigenvalue weighted by Gasteiger charge is 2.48. The SMILES string of the molecule is C/C=C/[C@H]1C[C@@H]2C(=O)O[C@H](C)[C@@H](NC(=O)[C@H](C[C@H]3C[C@@H]3N([O-])O)NC(=O)c3ccc(Cl)n3O)C(=O)N[C@@H](Cc3ccccc3)C(=O)N[C@H](C[C@@H]3C[C@H]3N([O-])O)C(=O)N[C@@H]([C@H](C)c3ccccc3)C(=O)N[C@@H]([C@@H](C)CC)C(=O)N2C1. The van der Waals surface area contributed by atoms with Crippen LogP contribution in [-0.4, -0.2) is 150 Å². The first-order chi connectivity index (χ1) is 37.6. The lowest BCUT2D eigenvalue weighted by atomic mass is 9.91. The number of allylic oxidation sites excluding steroid dienone is 1. The van der Waals surface area contributed by atoms with Crippen LogP contribution in [-0.2, 0) is 44.7 Å². The van der Waals surface area contributed by atoms with Crippen molar-refractivity contribution in [1.29, 1.82) is 0 Å². The lowest BCUT2D eigenvalue weighted by Crippen LogP contribution is -2.62. The summed E-state index contributed by atoms with van der Waals surface area (Å²) in [7, 11) is 0. The molecule has 1 aromatic heterocycles. The van der Waals surface area contributed by atoms with Crippen LogP contribution in [0.5, 0.6) is 0 Å². The average Bonchev–Trinajstić information content (AvgIpc) is 4.39. The van der Waals surface area contributed by atoms with E-state index in [-0.39, 0.29) is 66.6 Å². The third-order valence-electron chi connectivity index (χ3n) is 15.5. The van der Waals surface area contributed by atoms with Crippen LogP contribution >= 0.6 is 11.6 Å². The topological polar surface area (TPSA) is 339 Å². The molecule has 2 saturated heterocycles. The Labute approximate surface area is 461 Å². The van der Waals surface area contributed by atoms with Crippen LogP contribution < -0.4 is 31.9 Å². The number of fused-ring (bicyclic) bond motifs is 1. The Bertz CT molecular complexity index is 2710. The van der Waals surface area contributed by atoms with Gasteiger partial charge in [-0.05, 0) is 92.9 Å². The molecule has 428 valence electrons. The maximum absolute atomic E-state index is 15.1. The molecule has 4 fully saturated rings. The van der Waals surface area contributed by atoms with Gasteiger partial charge in [0.15, 0.2) is 0 Å². The van der Waals surface area contributed by atoms with Crippen LogP contribution in [0.4, 0.5) is 0 Å². The van der Waals surface area contributed by atoms with E-state index in [0.717, 1.165) is 0 Å². The number of carbonyl (C=O) groups excluding carboxylic acids is 8. The van der Waals surface area contributed by atoms with Crippen LogP contribution in [0.25, 0.3) is 0 Å². The smallest absolute Gasteiger partial charge is 0.329 e. The Morgan fingerprint density at radius 2 is 1.43 bits per heavy atom. The van der Waals surface area contributed by atoms with E-state index in [1.165, 1.54) is 24.0 Å². The largest absolute Gasteiger partial charge is 0.762 e. The lowest BCUT2D eigenvalue weighted by molar-refractivity contribution is -0.161. The third kappa shape index (κ3) is 14.9. The second-order valence-corrected chi connectivity index (χ2v) is 21.5. The van der Waals surface area contributed by atoms with E-state index in [0.29, 0.717) is 22.3 Å². The number of nitrogens with zero attached hydrogens (tertiary/aromatic N) is 4. The molecule has 4 aliphatic rings. The summed E-state index contributed by atoms with van der Waals surface area (Å²) in [5.74, 6) is -10.3. The first-order valence-electron chi connectivity index (χ1n) is 26.5. The van der Waals surface area contributed by atoms with Crippen molar-refractivity contribution in [1.82, 2.24) is 52.0 Å². The molecule has 0 unspecified atom stereocenters. The van der Waals surface area contributed by atoms with Gasteiger partial charge in [0.05, 0.1) is 0 Å². The summed E-state index contributed by atoms with van der Waals surface area (Å²) in [6, 6.07) is 7.19. The Hall–Kier alpha value is -6.93. The first kappa shape index (κ1) is 59.7. The fourth-order valence-electron chi connectivity index (χ4n) is 10.4. The molecule has 79 heavy (non-hydrogen) atoms. The van der Waals surface area contributed by atoms with E-state index in [9.17, 15) is 54.8 Å². The third-order valence-corrected chi connectivity index (χ3v) is 15.8. The fraction of sp³-hybridized carbons (Fsp3) is 0.519. The molecule has 15 atom stereocenters. The number of hydroxylamine groups is 4. The molecule has 0 radical (unpaired) electrons. The van der Waals surface area contributed by atoms with Gasteiger partial charge in [-0.2, -0.15) is 4.73 Å². The lowest BCUT2D eigenvalue weighted by Gasteiger charge is -2.34. The van der Waals surface area contributed by atoms with Gasteiger partial charge >= 0.3 is 5.97 Å². The Morgan fingerprint density at radius 1 is 0.823 bits per heavy atom.